The van der Waals surface area contributed by atoms with Gasteiger partial charge in [-0.1, -0.05) is 0 Å². The number of pyridine rings is 1. The van der Waals surface area contributed by atoms with Crippen molar-refractivity contribution in [1.29, 1.82) is 0 Å². The van der Waals surface area contributed by atoms with E-state index in [9.17, 15) is 22.8 Å². The van der Waals surface area contributed by atoms with E-state index < -0.39 is 18.9 Å². The van der Waals surface area contributed by atoms with Gasteiger partial charge >= 0.3 is 6.18 Å². The van der Waals surface area contributed by atoms with Gasteiger partial charge in [-0.05, 0) is 31.4 Å². The van der Waals surface area contributed by atoms with Crippen LogP contribution in [0.2, 0.25) is 0 Å². The van der Waals surface area contributed by atoms with E-state index in [4.69, 9.17) is 4.74 Å². The molecule has 1 aromatic heterocycles. The molecule has 0 bridgehead atoms. The highest BCUT2D eigenvalue weighted by Gasteiger charge is 2.29. The Balaban J connectivity index is 1.69. The molecule has 1 aromatic rings. The number of halogens is 3. The summed E-state index contributed by atoms with van der Waals surface area (Å²) in [5.74, 6) is -0.144. The second-order valence-electron chi connectivity index (χ2n) is 7.68. The maximum absolute atomic E-state index is 12.6. The minimum atomic E-state index is -4.45. The highest BCUT2D eigenvalue weighted by molar-refractivity contribution is 5.98. The molecule has 1 fully saturated rings. The van der Waals surface area contributed by atoms with Crippen LogP contribution in [0.1, 0.15) is 38.2 Å². The summed E-state index contributed by atoms with van der Waals surface area (Å²) < 4.78 is 42.3. The molecule has 2 aliphatic rings. The molecule has 2 amide bonds. The van der Waals surface area contributed by atoms with Gasteiger partial charge in [0.1, 0.15) is 12.0 Å². The minimum absolute atomic E-state index is 0.109. The number of carbonyl (C=O) groups excluding carboxylic acids is 2. The van der Waals surface area contributed by atoms with E-state index >= 15 is 0 Å². The van der Waals surface area contributed by atoms with Crippen molar-refractivity contribution < 1.29 is 27.5 Å². The standard InChI is InChI=1S/C21H26F3N5O3/c1-14(30)27-17-11-15(7-8-25-17)20(31)26-12-16-5-6-18(32-13-21(22,23)24)28-19(16)29-9-3-2-4-10-29/h5-8,17H,2-4,9-13H2,1H3,(H,26,31)(H,27,30). The molecule has 0 saturated carbocycles. The van der Waals surface area contributed by atoms with E-state index in [-0.39, 0.29) is 30.7 Å². The van der Waals surface area contributed by atoms with Crippen LogP contribution in [0.15, 0.2) is 28.8 Å². The van der Waals surface area contributed by atoms with Crippen molar-refractivity contribution in [2.75, 3.05) is 24.6 Å². The molecule has 3 rings (SSSR count). The topological polar surface area (TPSA) is 95.9 Å². The van der Waals surface area contributed by atoms with E-state index in [1.165, 1.54) is 19.2 Å². The van der Waals surface area contributed by atoms with Gasteiger partial charge in [0.2, 0.25) is 17.7 Å². The largest absolute Gasteiger partial charge is 0.468 e. The number of aliphatic imine (C=N–C) groups is 1. The van der Waals surface area contributed by atoms with Gasteiger partial charge in [0.05, 0.1) is 0 Å². The fourth-order valence-corrected chi connectivity index (χ4v) is 3.56. The predicted molar refractivity (Wildman–Crippen MR) is 112 cm³/mol. The molecule has 0 aromatic carbocycles. The minimum Gasteiger partial charge on any atom is -0.468 e. The number of allylic oxidation sites excluding steroid dienone is 1. The van der Waals surface area contributed by atoms with Crippen LogP contribution in [0.5, 0.6) is 5.88 Å². The summed E-state index contributed by atoms with van der Waals surface area (Å²) in [6, 6.07) is 3.00. The Kier molecular flexibility index (Phi) is 7.70. The summed E-state index contributed by atoms with van der Waals surface area (Å²) in [6.45, 7) is 1.58. The second kappa shape index (κ2) is 10.5. The normalized spacial score (nSPS) is 18.7. The molecule has 32 heavy (non-hydrogen) atoms. The van der Waals surface area contributed by atoms with E-state index in [0.717, 1.165) is 32.4 Å². The quantitative estimate of drug-likeness (QED) is 0.662. The summed E-state index contributed by atoms with van der Waals surface area (Å²) in [5.41, 5.74) is 1.15. The molecule has 2 N–H and O–H groups in total. The first-order chi connectivity index (χ1) is 15.2. The Morgan fingerprint density at radius 2 is 1.97 bits per heavy atom. The molecule has 1 saturated heterocycles. The molecular weight excluding hydrogens is 427 g/mol. The molecule has 0 spiro atoms. The Morgan fingerprint density at radius 3 is 2.66 bits per heavy atom. The molecule has 1 unspecified atom stereocenters. The second-order valence-corrected chi connectivity index (χ2v) is 7.68. The Morgan fingerprint density at radius 1 is 1.22 bits per heavy atom. The SMILES string of the molecule is CC(=O)NC1CC(C(=O)NCc2ccc(OCC(F)(F)F)nc2N2CCCCC2)=CC=N1. The molecule has 1 atom stereocenters. The Bertz CT molecular complexity index is 895. The average Bonchev–Trinajstić information content (AvgIpc) is 2.76. The Labute approximate surface area is 183 Å². The van der Waals surface area contributed by atoms with Crippen LogP contribution in [0.3, 0.4) is 0 Å². The number of amides is 2. The number of nitrogens with one attached hydrogen (secondary N) is 2. The number of hydrogen-bond acceptors (Lipinski definition) is 6. The summed E-state index contributed by atoms with van der Waals surface area (Å²) in [4.78, 5) is 34.3. The summed E-state index contributed by atoms with van der Waals surface area (Å²) >= 11 is 0. The van der Waals surface area contributed by atoms with Gasteiger partial charge < -0.3 is 20.3 Å². The Hall–Kier alpha value is -3.11. The van der Waals surface area contributed by atoms with Crippen LogP contribution in [0.4, 0.5) is 19.0 Å². The number of piperidine rings is 1. The van der Waals surface area contributed by atoms with E-state index in [1.807, 2.05) is 4.90 Å². The number of alkyl halides is 3. The van der Waals surface area contributed by atoms with Crippen molar-refractivity contribution in [1.82, 2.24) is 15.6 Å². The molecular formula is C21H26F3N5O3. The predicted octanol–water partition coefficient (Wildman–Crippen LogP) is 2.49. The van der Waals surface area contributed by atoms with Crippen LogP contribution in [-0.4, -0.2) is 55.1 Å². The van der Waals surface area contributed by atoms with E-state index in [1.54, 1.807) is 12.1 Å². The number of rotatable bonds is 7. The summed E-state index contributed by atoms with van der Waals surface area (Å²) in [5, 5.41) is 5.48. The van der Waals surface area contributed by atoms with Crippen LogP contribution >= 0.6 is 0 Å². The van der Waals surface area contributed by atoms with Gasteiger partial charge in [-0.3, -0.25) is 14.6 Å². The number of ether oxygens (including phenoxy) is 1. The van der Waals surface area contributed by atoms with Gasteiger partial charge in [-0.2, -0.15) is 18.2 Å². The first-order valence-corrected chi connectivity index (χ1v) is 10.4. The fraction of sp³-hybridized carbons (Fsp3) is 0.524. The van der Waals surface area contributed by atoms with Crippen LogP contribution in [0.25, 0.3) is 0 Å². The third-order valence-corrected chi connectivity index (χ3v) is 5.03. The van der Waals surface area contributed by atoms with E-state index in [0.29, 0.717) is 17.0 Å². The third kappa shape index (κ3) is 6.96. The highest BCUT2D eigenvalue weighted by Crippen LogP contribution is 2.26. The van der Waals surface area contributed by atoms with Crippen molar-refractivity contribution in [3.8, 4) is 5.88 Å². The average molecular weight is 453 g/mol. The number of anilines is 1. The number of aromatic nitrogens is 1. The number of carbonyl (C=O) groups is 2. The van der Waals surface area contributed by atoms with Crippen molar-refractivity contribution in [3.63, 3.8) is 0 Å². The molecule has 8 nitrogen and oxygen atoms in total. The zero-order valence-electron chi connectivity index (χ0n) is 17.7. The van der Waals surface area contributed by atoms with E-state index in [2.05, 4.69) is 20.6 Å². The maximum atomic E-state index is 12.6. The van der Waals surface area contributed by atoms with Gasteiger partial charge in [0, 0.05) is 56.4 Å². The molecule has 2 aliphatic heterocycles. The van der Waals surface area contributed by atoms with Gasteiger partial charge in [0.15, 0.2) is 6.61 Å². The lowest BCUT2D eigenvalue weighted by molar-refractivity contribution is -0.154. The third-order valence-electron chi connectivity index (χ3n) is 5.03. The summed E-state index contributed by atoms with van der Waals surface area (Å²) in [6.07, 6.45) is 1.38. The first kappa shape index (κ1) is 23.6. The lowest BCUT2D eigenvalue weighted by atomic mass is 10.1. The fourth-order valence-electron chi connectivity index (χ4n) is 3.56. The monoisotopic (exact) mass is 453 g/mol. The van der Waals surface area contributed by atoms with Crippen LogP contribution < -0.4 is 20.3 Å². The lowest BCUT2D eigenvalue weighted by Crippen LogP contribution is -2.36. The molecule has 11 heteroatoms. The van der Waals surface area contributed by atoms with Crippen molar-refractivity contribution in [3.05, 3.63) is 29.3 Å². The number of nitrogens with zero attached hydrogens (tertiary/aromatic N) is 3. The zero-order valence-corrected chi connectivity index (χ0v) is 17.7. The zero-order chi connectivity index (χ0) is 23.1. The van der Waals surface area contributed by atoms with Crippen molar-refractivity contribution in [2.45, 2.75) is 51.5 Å². The van der Waals surface area contributed by atoms with Crippen molar-refractivity contribution in [2.24, 2.45) is 4.99 Å². The molecule has 174 valence electrons. The summed E-state index contributed by atoms with van der Waals surface area (Å²) in [7, 11) is 0. The maximum Gasteiger partial charge on any atom is 0.422 e. The smallest absolute Gasteiger partial charge is 0.422 e. The number of hydrogen-bond donors (Lipinski definition) is 2. The lowest BCUT2D eigenvalue weighted by Gasteiger charge is -2.30. The van der Waals surface area contributed by atoms with Gasteiger partial charge in [-0.15, -0.1) is 0 Å². The van der Waals surface area contributed by atoms with Crippen LogP contribution in [-0.2, 0) is 16.1 Å². The van der Waals surface area contributed by atoms with Gasteiger partial charge in [0.25, 0.3) is 0 Å². The molecule has 0 radical (unpaired) electrons. The first-order valence-electron chi connectivity index (χ1n) is 10.4. The van der Waals surface area contributed by atoms with Crippen LogP contribution in [0, 0.1) is 0 Å². The van der Waals surface area contributed by atoms with Crippen molar-refractivity contribution >= 4 is 23.8 Å². The highest BCUT2D eigenvalue weighted by atomic mass is 19.4. The van der Waals surface area contributed by atoms with Gasteiger partial charge in [-0.25, -0.2) is 0 Å². The molecule has 0 aliphatic carbocycles. The molecule has 3 heterocycles. The number of dihydropyridines is 1.